The van der Waals surface area contributed by atoms with Gasteiger partial charge in [-0.05, 0) is 19.4 Å². The smallest absolute Gasteiger partial charge is 0.128 e. The van der Waals surface area contributed by atoms with E-state index in [0.29, 0.717) is 0 Å². The van der Waals surface area contributed by atoms with Crippen molar-refractivity contribution in [1.29, 1.82) is 0 Å². The molecule has 0 aliphatic carbocycles. The number of benzene rings is 1. The highest BCUT2D eigenvalue weighted by Gasteiger charge is 2.24. The lowest BCUT2D eigenvalue weighted by atomic mass is 9.96. The molecule has 1 N–H and O–H groups in total. The van der Waals surface area contributed by atoms with E-state index < -0.39 is 0 Å². The van der Waals surface area contributed by atoms with Gasteiger partial charge in [0.25, 0.3) is 0 Å². The Hall–Kier alpha value is -0.350. The van der Waals surface area contributed by atoms with Gasteiger partial charge < -0.3 is 5.32 Å². The van der Waals surface area contributed by atoms with E-state index in [1.165, 1.54) is 19.3 Å². The Kier molecular flexibility index (Phi) is 11.0. The summed E-state index contributed by atoms with van der Waals surface area (Å²) in [6, 6.07) is 5.76. The van der Waals surface area contributed by atoms with E-state index in [9.17, 15) is 4.39 Å². The van der Waals surface area contributed by atoms with Crippen LogP contribution in [0.3, 0.4) is 0 Å². The van der Waals surface area contributed by atoms with Crippen LogP contribution in [-0.2, 0) is 0 Å². The summed E-state index contributed by atoms with van der Waals surface area (Å²) < 4.78 is 14.2. The number of nitrogens with zero attached hydrogens (tertiary/aromatic N) is 1. The second-order valence-electron chi connectivity index (χ2n) is 5.82. The SMILES string of the molecule is CCCCC[C@H](c1cc(C)ccc1F)N1CCNCC1.Cl.Cl. The van der Waals surface area contributed by atoms with Gasteiger partial charge in [0.05, 0.1) is 0 Å². The Balaban J connectivity index is 0.00000220. The largest absolute Gasteiger partial charge is 0.314 e. The van der Waals surface area contributed by atoms with Gasteiger partial charge in [-0.25, -0.2) is 4.39 Å². The molecule has 0 spiro atoms. The van der Waals surface area contributed by atoms with Crippen LogP contribution in [0.2, 0.25) is 0 Å². The van der Waals surface area contributed by atoms with E-state index in [4.69, 9.17) is 0 Å². The molecule has 1 aromatic rings. The van der Waals surface area contributed by atoms with Crippen LogP contribution < -0.4 is 5.32 Å². The number of hydrogen-bond donors (Lipinski definition) is 1. The fourth-order valence-electron chi connectivity index (χ4n) is 3.03. The Morgan fingerprint density at radius 1 is 1.18 bits per heavy atom. The number of halogens is 3. The van der Waals surface area contributed by atoms with Crippen LogP contribution in [-0.4, -0.2) is 31.1 Å². The third-order valence-electron chi connectivity index (χ3n) is 4.18. The van der Waals surface area contributed by atoms with E-state index >= 15 is 0 Å². The predicted molar refractivity (Wildman–Crippen MR) is 97.0 cm³/mol. The molecule has 128 valence electrons. The Morgan fingerprint density at radius 2 is 1.86 bits per heavy atom. The Labute approximate surface area is 146 Å². The van der Waals surface area contributed by atoms with Gasteiger partial charge in [-0.3, -0.25) is 4.90 Å². The highest BCUT2D eigenvalue weighted by atomic mass is 35.5. The second-order valence-corrected chi connectivity index (χ2v) is 5.82. The van der Waals surface area contributed by atoms with Crippen molar-refractivity contribution < 1.29 is 4.39 Å². The first-order valence-corrected chi connectivity index (χ1v) is 7.93. The minimum Gasteiger partial charge on any atom is -0.314 e. The molecule has 0 bridgehead atoms. The number of piperazine rings is 1. The zero-order valence-electron chi connectivity index (χ0n) is 13.6. The van der Waals surface area contributed by atoms with Crippen LogP contribution in [0.1, 0.15) is 49.8 Å². The van der Waals surface area contributed by atoms with Crippen molar-refractivity contribution in [3.05, 3.63) is 35.1 Å². The van der Waals surface area contributed by atoms with E-state index in [1.54, 1.807) is 6.07 Å². The molecule has 1 aromatic carbocycles. The van der Waals surface area contributed by atoms with Gasteiger partial charge >= 0.3 is 0 Å². The molecule has 1 fully saturated rings. The Bertz CT molecular complexity index is 423. The van der Waals surface area contributed by atoms with Gasteiger partial charge in [0.15, 0.2) is 0 Å². The third-order valence-corrected chi connectivity index (χ3v) is 4.18. The van der Waals surface area contributed by atoms with Crippen LogP contribution in [0.4, 0.5) is 4.39 Å². The predicted octanol–water partition coefficient (Wildman–Crippen LogP) is 4.50. The lowest BCUT2D eigenvalue weighted by Gasteiger charge is -2.35. The maximum absolute atomic E-state index is 14.2. The molecule has 5 heteroatoms. The van der Waals surface area contributed by atoms with Crippen molar-refractivity contribution in [2.45, 2.75) is 45.6 Å². The van der Waals surface area contributed by atoms with E-state index in [-0.39, 0.29) is 36.7 Å². The van der Waals surface area contributed by atoms with E-state index in [1.807, 2.05) is 19.1 Å². The first kappa shape index (κ1) is 21.6. The van der Waals surface area contributed by atoms with Crippen LogP contribution in [0, 0.1) is 12.7 Å². The number of hydrogen-bond acceptors (Lipinski definition) is 2. The first-order valence-electron chi connectivity index (χ1n) is 7.93. The molecule has 1 aliphatic heterocycles. The maximum Gasteiger partial charge on any atom is 0.128 e. The third kappa shape index (κ3) is 6.04. The van der Waals surface area contributed by atoms with Crippen molar-refractivity contribution in [3.8, 4) is 0 Å². The molecule has 0 saturated carbocycles. The summed E-state index contributed by atoms with van der Waals surface area (Å²) in [5.41, 5.74) is 2.04. The van der Waals surface area contributed by atoms with Crippen molar-refractivity contribution in [3.63, 3.8) is 0 Å². The molecular weight excluding hydrogens is 322 g/mol. The lowest BCUT2D eigenvalue weighted by Crippen LogP contribution is -2.45. The average molecular weight is 351 g/mol. The molecule has 0 amide bonds. The monoisotopic (exact) mass is 350 g/mol. The lowest BCUT2D eigenvalue weighted by molar-refractivity contribution is 0.159. The van der Waals surface area contributed by atoms with Gasteiger partial charge in [0, 0.05) is 37.8 Å². The van der Waals surface area contributed by atoms with Crippen LogP contribution in [0.5, 0.6) is 0 Å². The van der Waals surface area contributed by atoms with Gasteiger partial charge in [-0.2, -0.15) is 0 Å². The minimum absolute atomic E-state index is 0. The molecular formula is C17H29Cl2FN2. The number of nitrogens with one attached hydrogen (secondary N) is 1. The van der Waals surface area contributed by atoms with Gasteiger partial charge in [0.2, 0.25) is 0 Å². The summed E-state index contributed by atoms with van der Waals surface area (Å²) in [6.45, 7) is 8.32. The van der Waals surface area contributed by atoms with Crippen molar-refractivity contribution >= 4 is 24.8 Å². The van der Waals surface area contributed by atoms with Crippen LogP contribution >= 0.6 is 24.8 Å². The van der Waals surface area contributed by atoms with Gasteiger partial charge in [0.1, 0.15) is 5.82 Å². The quantitative estimate of drug-likeness (QED) is 0.759. The summed E-state index contributed by atoms with van der Waals surface area (Å²) in [7, 11) is 0. The average Bonchev–Trinajstić information content (AvgIpc) is 2.48. The van der Waals surface area contributed by atoms with E-state index in [0.717, 1.165) is 43.7 Å². The molecule has 0 aromatic heterocycles. The van der Waals surface area contributed by atoms with Crippen molar-refractivity contribution in [2.24, 2.45) is 0 Å². The molecule has 1 saturated heterocycles. The summed E-state index contributed by atoms with van der Waals surface area (Å²) in [6.07, 6.45) is 4.69. The second kappa shape index (κ2) is 11.2. The molecule has 0 unspecified atom stereocenters. The zero-order valence-corrected chi connectivity index (χ0v) is 15.2. The zero-order chi connectivity index (χ0) is 14.4. The van der Waals surface area contributed by atoms with Gasteiger partial charge in [-0.15, -0.1) is 24.8 Å². The first-order chi connectivity index (χ1) is 9.72. The molecule has 1 aliphatic rings. The summed E-state index contributed by atoms with van der Waals surface area (Å²) in [4.78, 5) is 2.45. The van der Waals surface area contributed by atoms with Crippen LogP contribution in [0.25, 0.3) is 0 Å². The summed E-state index contributed by atoms with van der Waals surface area (Å²) >= 11 is 0. The number of rotatable bonds is 6. The summed E-state index contributed by atoms with van der Waals surface area (Å²) in [5, 5.41) is 3.38. The van der Waals surface area contributed by atoms with Gasteiger partial charge in [-0.1, -0.05) is 43.9 Å². The van der Waals surface area contributed by atoms with Crippen LogP contribution in [0.15, 0.2) is 18.2 Å². The molecule has 2 rings (SSSR count). The summed E-state index contributed by atoms with van der Waals surface area (Å²) in [5.74, 6) is -0.0457. The molecule has 0 radical (unpaired) electrons. The number of aryl methyl sites for hydroxylation is 1. The molecule has 1 heterocycles. The highest BCUT2D eigenvalue weighted by molar-refractivity contribution is 5.85. The molecule has 1 atom stereocenters. The standard InChI is InChI=1S/C17H27FN2.2ClH/c1-3-4-5-6-17(20-11-9-19-10-12-20)15-13-14(2)7-8-16(15)18;;/h7-8,13,17,19H,3-6,9-12H2,1-2H3;2*1H/t17-;;/m1../s1. The topological polar surface area (TPSA) is 15.3 Å². The molecule has 22 heavy (non-hydrogen) atoms. The number of unbranched alkanes of at least 4 members (excludes halogenated alkanes) is 2. The fourth-order valence-corrected chi connectivity index (χ4v) is 3.03. The maximum atomic E-state index is 14.2. The van der Waals surface area contributed by atoms with E-state index in [2.05, 4.69) is 17.1 Å². The highest BCUT2D eigenvalue weighted by Crippen LogP contribution is 2.29. The van der Waals surface area contributed by atoms with Crippen molar-refractivity contribution in [2.75, 3.05) is 26.2 Å². The van der Waals surface area contributed by atoms with Crippen molar-refractivity contribution in [1.82, 2.24) is 10.2 Å². The normalized spacial score (nSPS) is 16.5. The molecule has 2 nitrogen and oxygen atoms in total. The minimum atomic E-state index is -0.0457. The fraction of sp³-hybridized carbons (Fsp3) is 0.647. The Morgan fingerprint density at radius 3 is 2.50 bits per heavy atom.